The Hall–Kier alpha value is -1.07. The topological polar surface area (TPSA) is 53.3 Å². The van der Waals surface area contributed by atoms with Gasteiger partial charge in [-0.05, 0) is 32.1 Å². The van der Waals surface area contributed by atoms with Crippen LogP contribution in [-0.2, 0) is 13.6 Å². The molecule has 1 saturated heterocycles. The van der Waals surface area contributed by atoms with E-state index in [1.807, 2.05) is 11.7 Å². The monoisotopic (exact) mass is 278 g/mol. The van der Waals surface area contributed by atoms with E-state index in [-0.39, 0.29) is 6.10 Å². The van der Waals surface area contributed by atoms with Gasteiger partial charge in [-0.25, -0.2) is 0 Å². The molecule has 20 heavy (non-hydrogen) atoms. The molecule has 5 heteroatoms. The van der Waals surface area contributed by atoms with Crippen LogP contribution in [-0.4, -0.2) is 40.1 Å². The highest BCUT2D eigenvalue weighted by Crippen LogP contribution is 2.29. The van der Waals surface area contributed by atoms with Crippen molar-refractivity contribution in [3.8, 4) is 0 Å². The van der Waals surface area contributed by atoms with Crippen molar-refractivity contribution in [2.24, 2.45) is 13.0 Å². The average molecular weight is 278 g/mol. The van der Waals surface area contributed by atoms with Crippen molar-refractivity contribution in [2.45, 2.75) is 51.8 Å². The van der Waals surface area contributed by atoms with Gasteiger partial charge in [-0.1, -0.05) is 6.92 Å². The predicted octanol–water partition coefficient (Wildman–Crippen LogP) is 1.19. The lowest BCUT2D eigenvalue weighted by atomic mass is 9.96. The average Bonchev–Trinajstić information content (AvgIpc) is 3.17. The second kappa shape index (κ2) is 5.37. The molecule has 2 heterocycles. The highest BCUT2D eigenvalue weighted by atomic mass is 16.3. The summed E-state index contributed by atoms with van der Waals surface area (Å²) in [6, 6.07) is 0.703. The molecule has 0 aromatic carbocycles. The number of aliphatic hydroxyl groups excluding tert-OH is 1. The first-order chi connectivity index (χ1) is 9.56. The van der Waals surface area contributed by atoms with Crippen LogP contribution in [0.1, 0.15) is 37.4 Å². The van der Waals surface area contributed by atoms with E-state index in [4.69, 9.17) is 0 Å². The molecule has 2 N–H and O–H groups in total. The number of aromatic nitrogens is 2. The predicted molar refractivity (Wildman–Crippen MR) is 79.8 cm³/mol. The molecular formula is C15H26N4O. The summed E-state index contributed by atoms with van der Waals surface area (Å²) in [5, 5.41) is 18.3. The summed E-state index contributed by atoms with van der Waals surface area (Å²) < 4.78 is 1.97. The number of nitrogens with one attached hydrogen (secondary N) is 1. The van der Waals surface area contributed by atoms with Crippen molar-refractivity contribution in [3.05, 3.63) is 11.3 Å². The fraction of sp³-hybridized carbons (Fsp3) is 0.800. The summed E-state index contributed by atoms with van der Waals surface area (Å²) in [5.74, 6) is 1.58. The third kappa shape index (κ3) is 2.69. The fourth-order valence-corrected chi connectivity index (χ4v) is 3.07. The quantitative estimate of drug-likeness (QED) is 0.868. The molecule has 1 aliphatic heterocycles. The van der Waals surface area contributed by atoms with Crippen LogP contribution in [0.5, 0.6) is 0 Å². The fourth-order valence-electron chi connectivity index (χ4n) is 3.07. The summed E-state index contributed by atoms with van der Waals surface area (Å²) >= 11 is 0. The van der Waals surface area contributed by atoms with E-state index in [9.17, 15) is 5.11 Å². The standard InChI is InChI=1S/C15H26N4O/c1-10-6-7-19(9-14(10)20)15-13(8-16-12-4-5-12)11(2)17-18(15)3/h10,12,14,16,20H,4-9H2,1-3H3. The molecule has 3 rings (SSSR count). The van der Waals surface area contributed by atoms with Gasteiger partial charge in [0.1, 0.15) is 5.82 Å². The lowest BCUT2D eigenvalue weighted by Gasteiger charge is -2.36. The number of anilines is 1. The number of rotatable bonds is 4. The molecule has 5 nitrogen and oxygen atoms in total. The maximum Gasteiger partial charge on any atom is 0.131 e. The second-order valence-corrected chi connectivity index (χ2v) is 6.45. The van der Waals surface area contributed by atoms with Crippen LogP contribution in [0.3, 0.4) is 0 Å². The lowest BCUT2D eigenvalue weighted by molar-refractivity contribution is 0.102. The molecule has 0 amide bonds. The van der Waals surface area contributed by atoms with Crippen LogP contribution >= 0.6 is 0 Å². The Bertz CT molecular complexity index is 480. The van der Waals surface area contributed by atoms with E-state index in [2.05, 4.69) is 29.2 Å². The van der Waals surface area contributed by atoms with E-state index in [0.717, 1.165) is 31.7 Å². The van der Waals surface area contributed by atoms with Crippen molar-refractivity contribution >= 4 is 5.82 Å². The number of hydrogen-bond donors (Lipinski definition) is 2. The zero-order chi connectivity index (χ0) is 14.3. The van der Waals surface area contributed by atoms with Crippen molar-refractivity contribution in [3.63, 3.8) is 0 Å². The molecule has 1 aromatic heterocycles. The molecule has 0 radical (unpaired) electrons. The number of nitrogens with zero attached hydrogens (tertiary/aromatic N) is 3. The molecule has 2 fully saturated rings. The van der Waals surface area contributed by atoms with Gasteiger partial charge in [-0.3, -0.25) is 4.68 Å². The molecule has 1 aliphatic carbocycles. The summed E-state index contributed by atoms with van der Waals surface area (Å²) in [4.78, 5) is 2.30. The number of aliphatic hydroxyl groups is 1. The smallest absolute Gasteiger partial charge is 0.131 e. The molecule has 2 unspecified atom stereocenters. The normalized spacial score (nSPS) is 27.1. The lowest BCUT2D eigenvalue weighted by Crippen LogP contribution is -2.44. The van der Waals surface area contributed by atoms with Crippen molar-refractivity contribution in [2.75, 3.05) is 18.0 Å². The highest BCUT2D eigenvalue weighted by molar-refractivity contribution is 5.50. The number of aryl methyl sites for hydroxylation is 2. The summed E-state index contributed by atoms with van der Waals surface area (Å²) in [7, 11) is 2.01. The van der Waals surface area contributed by atoms with Gasteiger partial charge in [-0.2, -0.15) is 5.10 Å². The Morgan fingerprint density at radius 3 is 2.75 bits per heavy atom. The molecular weight excluding hydrogens is 252 g/mol. The maximum absolute atomic E-state index is 10.1. The zero-order valence-corrected chi connectivity index (χ0v) is 12.8. The summed E-state index contributed by atoms with van der Waals surface area (Å²) in [6.07, 6.45) is 3.41. The maximum atomic E-state index is 10.1. The van der Waals surface area contributed by atoms with Gasteiger partial charge in [0, 0.05) is 38.3 Å². The molecule has 2 aliphatic rings. The van der Waals surface area contributed by atoms with Crippen molar-refractivity contribution in [1.82, 2.24) is 15.1 Å². The SMILES string of the molecule is Cc1nn(C)c(N2CCC(C)C(O)C2)c1CNC1CC1. The Morgan fingerprint density at radius 2 is 2.10 bits per heavy atom. The minimum atomic E-state index is -0.233. The van der Waals surface area contributed by atoms with Gasteiger partial charge in [0.05, 0.1) is 11.8 Å². The van der Waals surface area contributed by atoms with Crippen molar-refractivity contribution < 1.29 is 5.11 Å². The van der Waals surface area contributed by atoms with Crippen LogP contribution in [0.25, 0.3) is 0 Å². The third-order valence-electron chi connectivity index (χ3n) is 4.68. The third-order valence-corrected chi connectivity index (χ3v) is 4.68. The Morgan fingerprint density at radius 1 is 1.35 bits per heavy atom. The number of β-amino-alcohol motifs (C(OH)–C–C–N with tert-alkyl or cyclic N) is 1. The van der Waals surface area contributed by atoms with Gasteiger partial charge in [0.25, 0.3) is 0 Å². The van der Waals surface area contributed by atoms with Gasteiger partial charge in [-0.15, -0.1) is 0 Å². The Labute approximate surface area is 121 Å². The Balaban J connectivity index is 1.79. The largest absolute Gasteiger partial charge is 0.391 e. The molecule has 112 valence electrons. The van der Waals surface area contributed by atoms with Crippen LogP contribution in [0.15, 0.2) is 0 Å². The first-order valence-electron chi connectivity index (χ1n) is 7.75. The molecule has 1 aromatic rings. The van der Waals surface area contributed by atoms with Gasteiger partial charge < -0.3 is 15.3 Å². The van der Waals surface area contributed by atoms with E-state index < -0.39 is 0 Å². The first kappa shape index (κ1) is 13.9. The van der Waals surface area contributed by atoms with E-state index in [1.165, 1.54) is 24.2 Å². The minimum Gasteiger partial charge on any atom is -0.391 e. The van der Waals surface area contributed by atoms with Crippen LogP contribution in [0, 0.1) is 12.8 Å². The molecule has 2 atom stereocenters. The highest BCUT2D eigenvalue weighted by Gasteiger charge is 2.29. The molecule has 0 spiro atoms. The van der Waals surface area contributed by atoms with E-state index >= 15 is 0 Å². The van der Waals surface area contributed by atoms with Crippen LogP contribution < -0.4 is 10.2 Å². The minimum absolute atomic E-state index is 0.233. The summed E-state index contributed by atoms with van der Waals surface area (Å²) in [6.45, 7) is 6.83. The first-order valence-corrected chi connectivity index (χ1v) is 7.75. The number of piperidine rings is 1. The van der Waals surface area contributed by atoms with Gasteiger partial charge in [0.15, 0.2) is 0 Å². The molecule has 1 saturated carbocycles. The van der Waals surface area contributed by atoms with Crippen molar-refractivity contribution in [1.29, 1.82) is 0 Å². The Kier molecular flexibility index (Phi) is 3.73. The van der Waals surface area contributed by atoms with E-state index in [1.54, 1.807) is 0 Å². The molecule has 0 bridgehead atoms. The van der Waals surface area contributed by atoms with Crippen LogP contribution in [0.2, 0.25) is 0 Å². The van der Waals surface area contributed by atoms with Gasteiger partial charge in [0.2, 0.25) is 0 Å². The summed E-state index contributed by atoms with van der Waals surface area (Å²) in [5.41, 5.74) is 2.39. The number of hydrogen-bond acceptors (Lipinski definition) is 4. The second-order valence-electron chi connectivity index (χ2n) is 6.45. The zero-order valence-electron chi connectivity index (χ0n) is 12.8. The van der Waals surface area contributed by atoms with Gasteiger partial charge >= 0.3 is 0 Å². The van der Waals surface area contributed by atoms with E-state index in [0.29, 0.717) is 12.0 Å². The van der Waals surface area contributed by atoms with Crippen LogP contribution in [0.4, 0.5) is 5.82 Å².